The standard InChI is InChI=1S/C36H68O4/c1-3-5-6-7-8-9-10-11-12-13-14-15-16-17-18-19-20-21-22-23-24-25-26-27-28-29-30-31-34(36(38)39)33-35(37)40-32-4-2/h22-23,34H,3-21,24-33H2,1-2H3,(H,38,39)/b23-22+. The SMILES string of the molecule is CCCCCCCCCCCCCCCCCCC/C=C/CCCCCCCCC(CC(=O)OCCC)C(=O)O. The van der Waals surface area contributed by atoms with Crippen LogP contribution in [0.2, 0.25) is 0 Å². The number of rotatable bonds is 32. The third-order valence-corrected chi connectivity index (χ3v) is 8.04. The quantitative estimate of drug-likeness (QED) is 0.0501. The summed E-state index contributed by atoms with van der Waals surface area (Å²) in [7, 11) is 0. The highest BCUT2D eigenvalue weighted by atomic mass is 16.5. The summed E-state index contributed by atoms with van der Waals surface area (Å²) < 4.78 is 5.03. The van der Waals surface area contributed by atoms with Gasteiger partial charge in [-0.2, -0.15) is 0 Å². The summed E-state index contributed by atoms with van der Waals surface area (Å²) in [5.41, 5.74) is 0. The van der Waals surface area contributed by atoms with Gasteiger partial charge in [0.15, 0.2) is 0 Å². The Hall–Kier alpha value is -1.32. The molecule has 0 radical (unpaired) electrons. The van der Waals surface area contributed by atoms with Gasteiger partial charge in [0.1, 0.15) is 0 Å². The van der Waals surface area contributed by atoms with Crippen molar-refractivity contribution in [2.45, 2.75) is 194 Å². The van der Waals surface area contributed by atoms with Gasteiger partial charge >= 0.3 is 11.9 Å². The van der Waals surface area contributed by atoms with Crippen molar-refractivity contribution in [1.29, 1.82) is 0 Å². The fraction of sp³-hybridized carbons (Fsp3) is 0.889. The van der Waals surface area contributed by atoms with E-state index in [-0.39, 0.29) is 12.4 Å². The molecule has 0 spiro atoms. The van der Waals surface area contributed by atoms with Crippen LogP contribution in [-0.2, 0) is 14.3 Å². The number of hydrogen-bond acceptors (Lipinski definition) is 3. The molecule has 0 aromatic heterocycles. The Labute approximate surface area is 249 Å². The molecule has 0 aromatic rings. The molecule has 1 unspecified atom stereocenters. The zero-order valence-electron chi connectivity index (χ0n) is 26.9. The minimum atomic E-state index is -0.880. The fourth-order valence-corrected chi connectivity index (χ4v) is 5.37. The lowest BCUT2D eigenvalue weighted by molar-refractivity contribution is -0.151. The lowest BCUT2D eigenvalue weighted by Gasteiger charge is -2.11. The first-order valence-corrected chi connectivity index (χ1v) is 17.6. The number of allylic oxidation sites excluding steroid dienone is 2. The number of hydrogen-bond donors (Lipinski definition) is 1. The molecular formula is C36H68O4. The lowest BCUT2D eigenvalue weighted by Crippen LogP contribution is -2.19. The Morgan fingerprint density at radius 2 is 0.925 bits per heavy atom. The molecule has 0 aliphatic heterocycles. The van der Waals surface area contributed by atoms with Crippen molar-refractivity contribution in [3.05, 3.63) is 12.2 Å². The monoisotopic (exact) mass is 565 g/mol. The van der Waals surface area contributed by atoms with Gasteiger partial charge in [-0.1, -0.05) is 161 Å². The molecule has 0 fully saturated rings. The number of carboxylic acid groups (broad SMARTS) is 1. The molecule has 0 amide bonds. The van der Waals surface area contributed by atoms with Gasteiger partial charge in [0, 0.05) is 0 Å². The van der Waals surface area contributed by atoms with Crippen molar-refractivity contribution in [3.8, 4) is 0 Å². The minimum absolute atomic E-state index is 0.00113. The predicted molar refractivity (Wildman–Crippen MR) is 172 cm³/mol. The van der Waals surface area contributed by atoms with Crippen LogP contribution in [0.4, 0.5) is 0 Å². The molecule has 0 aromatic carbocycles. The largest absolute Gasteiger partial charge is 0.481 e. The van der Waals surface area contributed by atoms with Crippen molar-refractivity contribution in [1.82, 2.24) is 0 Å². The van der Waals surface area contributed by atoms with Crippen LogP contribution in [-0.4, -0.2) is 23.7 Å². The van der Waals surface area contributed by atoms with Crippen molar-refractivity contribution >= 4 is 11.9 Å². The second-order valence-corrected chi connectivity index (χ2v) is 12.1. The highest BCUT2D eigenvalue weighted by Crippen LogP contribution is 2.17. The highest BCUT2D eigenvalue weighted by molar-refractivity contribution is 5.78. The molecule has 0 rings (SSSR count). The van der Waals surface area contributed by atoms with Gasteiger partial charge in [-0.05, 0) is 38.5 Å². The predicted octanol–water partition coefficient (Wildman–Crippen LogP) is 11.7. The summed E-state index contributed by atoms with van der Waals surface area (Å²) in [4.78, 5) is 23.1. The number of esters is 1. The van der Waals surface area contributed by atoms with Crippen LogP contribution in [0.3, 0.4) is 0 Å². The van der Waals surface area contributed by atoms with E-state index in [1.165, 1.54) is 141 Å². The summed E-state index contributed by atoms with van der Waals surface area (Å²) in [5, 5.41) is 9.33. The average molecular weight is 565 g/mol. The van der Waals surface area contributed by atoms with Crippen LogP contribution in [0.25, 0.3) is 0 Å². The van der Waals surface area contributed by atoms with E-state index in [1.54, 1.807) is 0 Å². The van der Waals surface area contributed by atoms with Crippen molar-refractivity contribution < 1.29 is 19.4 Å². The molecule has 0 aliphatic carbocycles. The molecule has 40 heavy (non-hydrogen) atoms. The zero-order chi connectivity index (χ0) is 29.4. The van der Waals surface area contributed by atoms with Crippen LogP contribution < -0.4 is 0 Å². The minimum Gasteiger partial charge on any atom is -0.481 e. The van der Waals surface area contributed by atoms with E-state index in [1.807, 2.05) is 6.92 Å². The van der Waals surface area contributed by atoms with Gasteiger partial charge in [-0.3, -0.25) is 9.59 Å². The highest BCUT2D eigenvalue weighted by Gasteiger charge is 2.21. The van der Waals surface area contributed by atoms with E-state index in [9.17, 15) is 14.7 Å². The third kappa shape index (κ3) is 29.7. The maximum Gasteiger partial charge on any atom is 0.307 e. The summed E-state index contributed by atoms with van der Waals surface area (Å²) in [6, 6.07) is 0. The van der Waals surface area contributed by atoms with Gasteiger partial charge in [0.05, 0.1) is 18.9 Å². The first-order valence-electron chi connectivity index (χ1n) is 17.6. The number of unbranched alkanes of at least 4 members (excludes halogenated alkanes) is 23. The van der Waals surface area contributed by atoms with Gasteiger partial charge in [-0.15, -0.1) is 0 Å². The number of aliphatic carboxylic acids is 1. The van der Waals surface area contributed by atoms with Crippen LogP contribution in [0, 0.1) is 5.92 Å². The van der Waals surface area contributed by atoms with E-state index in [4.69, 9.17) is 4.74 Å². The molecule has 0 bridgehead atoms. The number of ether oxygens (including phenoxy) is 1. The van der Waals surface area contributed by atoms with Crippen LogP contribution in [0.5, 0.6) is 0 Å². The van der Waals surface area contributed by atoms with Gasteiger partial charge in [0.25, 0.3) is 0 Å². The van der Waals surface area contributed by atoms with Crippen LogP contribution in [0.1, 0.15) is 194 Å². The first kappa shape index (κ1) is 38.7. The molecule has 236 valence electrons. The fourth-order valence-electron chi connectivity index (χ4n) is 5.37. The molecule has 0 aliphatic rings. The second-order valence-electron chi connectivity index (χ2n) is 12.1. The Morgan fingerprint density at radius 1 is 0.550 bits per heavy atom. The molecule has 1 N–H and O–H groups in total. The van der Waals surface area contributed by atoms with Crippen molar-refractivity contribution in [2.24, 2.45) is 5.92 Å². The van der Waals surface area contributed by atoms with E-state index < -0.39 is 11.9 Å². The average Bonchev–Trinajstić information content (AvgIpc) is 2.94. The second kappa shape index (κ2) is 32.2. The molecule has 0 saturated heterocycles. The summed E-state index contributed by atoms with van der Waals surface area (Å²) in [6.07, 6.45) is 39.5. The normalized spacial score (nSPS) is 12.2. The topological polar surface area (TPSA) is 63.6 Å². The molecular weight excluding hydrogens is 496 g/mol. The third-order valence-electron chi connectivity index (χ3n) is 8.04. The Kier molecular flexibility index (Phi) is 31.1. The van der Waals surface area contributed by atoms with Gasteiger partial charge < -0.3 is 9.84 Å². The Morgan fingerprint density at radius 3 is 1.30 bits per heavy atom. The zero-order valence-corrected chi connectivity index (χ0v) is 26.9. The summed E-state index contributed by atoms with van der Waals surface area (Å²) in [6.45, 7) is 4.60. The molecule has 4 heteroatoms. The molecule has 0 saturated carbocycles. The summed E-state index contributed by atoms with van der Waals surface area (Å²) >= 11 is 0. The van der Waals surface area contributed by atoms with Crippen molar-refractivity contribution in [2.75, 3.05) is 6.61 Å². The van der Waals surface area contributed by atoms with E-state index in [0.717, 1.165) is 25.7 Å². The van der Waals surface area contributed by atoms with Gasteiger partial charge in [0.2, 0.25) is 0 Å². The van der Waals surface area contributed by atoms with Gasteiger partial charge in [-0.25, -0.2) is 0 Å². The van der Waals surface area contributed by atoms with E-state index in [2.05, 4.69) is 19.1 Å². The summed E-state index contributed by atoms with van der Waals surface area (Å²) in [5.74, 6) is -1.86. The Balaban J connectivity index is 3.33. The molecule has 1 atom stereocenters. The number of carbonyl (C=O) groups is 2. The Bertz CT molecular complexity index is 571. The van der Waals surface area contributed by atoms with Crippen molar-refractivity contribution in [3.63, 3.8) is 0 Å². The van der Waals surface area contributed by atoms with Crippen LogP contribution in [0.15, 0.2) is 12.2 Å². The van der Waals surface area contributed by atoms with Crippen LogP contribution >= 0.6 is 0 Å². The lowest BCUT2D eigenvalue weighted by atomic mass is 9.97. The van der Waals surface area contributed by atoms with E-state index in [0.29, 0.717) is 13.0 Å². The molecule has 0 heterocycles. The maximum atomic E-state index is 11.7. The number of carboxylic acids is 1. The number of carbonyl (C=O) groups excluding carboxylic acids is 1. The molecule has 4 nitrogen and oxygen atoms in total. The first-order chi connectivity index (χ1) is 19.6. The van der Waals surface area contributed by atoms with E-state index >= 15 is 0 Å². The smallest absolute Gasteiger partial charge is 0.307 e. The maximum absolute atomic E-state index is 11.7.